The van der Waals surface area contributed by atoms with Gasteiger partial charge in [0.05, 0.1) is 31.1 Å². The molecule has 7 amide bonds. The molecule has 4 aliphatic rings. The fourth-order valence-corrected chi connectivity index (χ4v) is 8.43. The lowest BCUT2D eigenvalue weighted by Crippen LogP contribution is -2.63. The summed E-state index contributed by atoms with van der Waals surface area (Å²) in [6.07, 6.45) is -2.95. The van der Waals surface area contributed by atoms with Crippen LogP contribution in [0.3, 0.4) is 0 Å². The van der Waals surface area contributed by atoms with Gasteiger partial charge in [-0.2, -0.15) is 0 Å². The van der Waals surface area contributed by atoms with E-state index in [0.717, 1.165) is 36.1 Å². The summed E-state index contributed by atoms with van der Waals surface area (Å²) in [5.41, 5.74) is -1.28. The van der Waals surface area contributed by atoms with Crippen LogP contribution in [0.1, 0.15) is 45.6 Å². The van der Waals surface area contributed by atoms with Crippen LogP contribution >= 0.6 is 11.6 Å². The van der Waals surface area contributed by atoms with Crippen LogP contribution in [-0.4, -0.2) is 147 Å². The SMILES string of the molecule is C[C@H]1CN(C(=O)[C@H](C)NC(=O)[C@@H]2COCCN2C(=O)[C@@H]2C[C@@H](O)CN2C(=O)[C@@H](NC(=O)[C@H](Cc2cc(F)cc(F)c2)NC(=O)Nc2ccc(Cl)cc2F)[C@H](C)O)[C@]2(CC2=O)C1. The van der Waals surface area contributed by atoms with Gasteiger partial charge in [0.2, 0.25) is 29.5 Å². The van der Waals surface area contributed by atoms with Gasteiger partial charge in [0.15, 0.2) is 5.78 Å². The molecule has 21 heteroatoms. The molecule has 1 saturated carbocycles. The molecule has 0 aromatic heterocycles. The smallest absolute Gasteiger partial charge is 0.319 e. The molecule has 3 heterocycles. The van der Waals surface area contributed by atoms with Crippen molar-refractivity contribution in [3.63, 3.8) is 0 Å². The number of Topliss-reactive ketones (excluding diaryl/α,β-unsaturated/α-hetero) is 1. The second-order valence-corrected chi connectivity index (χ2v) is 16.6. The van der Waals surface area contributed by atoms with Crippen molar-refractivity contribution in [2.75, 3.05) is 38.2 Å². The van der Waals surface area contributed by atoms with E-state index in [0.29, 0.717) is 19.0 Å². The highest BCUT2D eigenvalue weighted by atomic mass is 35.5. The predicted molar refractivity (Wildman–Crippen MR) is 209 cm³/mol. The Morgan fingerprint density at radius 3 is 2.28 bits per heavy atom. The quantitative estimate of drug-likeness (QED) is 0.174. The summed E-state index contributed by atoms with van der Waals surface area (Å²) < 4.78 is 48.3. The fraction of sp³-hybridized carbons (Fsp3) is 0.525. The number of halogens is 4. The van der Waals surface area contributed by atoms with E-state index < -0.39 is 114 Å². The number of carbonyl (C=O) groups is 7. The minimum absolute atomic E-state index is 0.0116. The number of benzene rings is 2. The van der Waals surface area contributed by atoms with Crippen LogP contribution in [0.25, 0.3) is 0 Å². The van der Waals surface area contributed by atoms with Crippen molar-refractivity contribution in [2.45, 2.75) is 94.4 Å². The number of morpholine rings is 1. The molecule has 2 aromatic rings. The van der Waals surface area contributed by atoms with Crippen molar-refractivity contribution >= 4 is 58.6 Å². The molecular weight excluding hydrogens is 831 g/mol. The molecule has 3 saturated heterocycles. The van der Waals surface area contributed by atoms with Gasteiger partial charge in [-0.15, -0.1) is 0 Å². The highest BCUT2D eigenvalue weighted by molar-refractivity contribution is 6.30. The van der Waals surface area contributed by atoms with Crippen molar-refractivity contribution in [1.82, 2.24) is 30.7 Å². The van der Waals surface area contributed by atoms with E-state index in [1.54, 1.807) is 0 Å². The summed E-state index contributed by atoms with van der Waals surface area (Å²) >= 11 is 5.78. The number of anilines is 1. The number of aliphatic hydroxyl groups is 2. The zero-order valence-corrected chi connectivity index (χ0v) is 34.2. The molecule has 17 nitrogen and oxygen atoms in total. The first-order valence-corrected chi connectivity index (χ1v) is 20.1. The lowest BCUT2D eigenvalue weighted by atomic mass is 10.0. The third kappa shape index (κ3) is 10.1. The predicted octanol–water partition coefficient (Wildman–Crippen LogP) is 0.630. The average Bonchev–Trinajstić information content (AvgIpc) is 3.47. The third-order valence-corrected chi connectivity index (χ3v) is 11.5. The molecule has 6 rings (SSSR count). The van der Waals surface area contributed by atoms with Crippen molar-refractivity contribution in [3.05, 3.63) is 64.4 Å². The van der Waals surface area contributed by atoms with E-state index in [1.807, 2.05) is 6.92 Å². The Morgan fingerprint density at radius 1 is 0.951 bits per heavy atom. The van der Waals surface area contributed by atoms with E-state index in [1.165, 1.54) is 22.8 Å². The van der Waals surface area contributed by atoms with Gasteiger partial charge in [0.1, 0.15) is 53.2 Å². The van der Waals surface area contributed by atoms with Crippen molar-refractivity contribution in [1.29, 1.82) is 0 Å². The first-order valence-electron chi connectivity index (χ1n) is 19.8. The number of nitrogens with one attached hydrogen (secondary N) is 4. The Morgan fingerprint density at radius 2 is 1.64 bits per heavy atom. The number of nitrogens with zero attached hydrogens (tertiary/aromatic N) is 3. The summed E-state index contributed by atoms with van der Waals surface area (Å²) in [6, 6.07) is -2.64. The monoisotopic (exact) mass is 877 g/mol. The van der Waals surface area contributed by atoms with Crippen LogP contribution in [-0.2, 0) is 39.9 Å². The number of amides is 7. The number of likely N-dealkylation sites (tertiary alicyclic amines) is 2. The number of ketones is 1. The Kier molecular flexibility index (Phi) is 13.6. The standard InChI is InChI=1S/C40H47ClF3N7O10/c1-19-14-40(15-32(40)54)51(16-19)36(57)20(2)45-35(56)31-18-61-7-6-49(31)37(58)30-13-26(53)17-50(30)38(59)33(21(3)52)48-34(55)29(10-22-8-24(42)12-25(43)9-22)47-39(60)46-28-5-4-23(41)11-27(28)44/h4-5,8-9,11-12,19-21,26,29-31,33,52-53H,6-7,10,13-18H2,1-3H3,(H,45,56)(H,48,55)(H2,46,47,60)/t19-,20+,21+,26-,29+,30+,31+,33+,40+/m1/s1. The molecule has 0 unspecified atom stereocenters. The molecule has 1 aliphatic carbocycles. The van der Waals surface area contributed by atoms with E-state index in [2.05, 4.69) is 21.3 Å². The van der Waals surface area contributed by atoms with Gasteiger partial charge in [-0.05, 0) is 62.1 Å². The van der Waals surface area contributed by atoms with E-state index in [4.69, 9.17) is 16.3 Å². The van der Waals surface area contributed by atoms with Gasteiger partial charge >= 0.3 is 6.03 Å². The van der Waals surface area contributed by atoms with Gasteiger partial charge in [-0.3, -0.25) is 28.8 Å². The highest BCUT2D eigenvalue weighted by Gasteiger charge is 2.63. The van der Waals surface area contributed by atoms with Gasteiger partial charge in [-0.25, -0.2) is 18.0 Å². The van der Waals surface area contributed by atoms with Gasteiger partial charge in [-0.1, -0.05) is 18.5 Å². The Balaban J connectivity index is 1.16. The second kappa shape index (κ2) is 18.3. The number of rotatable bonds is 12. The van der Waals surface area contributed by atoms with E-state index in [-0.39, 0.29) is 60.6 Å². The first kappa shape index (κ1) is 45.2. The topological polar surface area (TPSA) is 227 Å². The minimum atomic E-state index is -1.82. The zero-order chi connectivity index (χ0) is 44.5. The number of ether oxygens (including phenoxy) is 1. The Hall–Kier alpha value is -5.31. The van der Waals surface area contributed by atoms with Crippen molar-refractivity contribution in [3.8, 4) is 0 Å². The van der Waals surface area contributed by atoms with Crippen LogP contribution < -0.4 is 21.3 Å². The lowest BCUT2D eigenvalue weighted by molar-refractivity contribution is -0.156. The number of urea groups is 1. The molecule has 0 radical (unpaired) electrons. The molecule has 1 spiro atoms. The summed E-state index contributed by atoms with van der Waals surface area (Å²) in [7, 11) is 0. The number of hydrogen-bond acceptors (Lipinski definition) is 10. The number of β-amino-alcohol motifs (C(OH)–C–C–N with tert-alkyl or cyclic N) is 1. The number of carbonyl (C=O) groups excluding carboxylic acids is 7. The van der Waals surface area contributed by atoms with Crippen molar-refractivity contribution < 1.29 is 61.7 Å². The zero-order valence-electron chi connectivity index (χ0n) is 33.5. The molecule has 4 fully saturated rings. The molecule has 6 N–H and O–H groups in total. The maximum atomic E-state index is 14.5. The summed E-state index contributed by atoms with van der Waals surface area (Å²) in [6.45, 7) is 4.13. The Bertz CT molecular complexity index is 2080. The number of aliphatic hydroxyl groups excluding tert-OH is 2. The summed E-state index contributed by atoms with van der Waals surface area (Å²) in [5, 5.41) is 31.0. The molecule has 0 bridgehead atoms. The van der Waals surface area contributed by atoms with Crippen LogP contribution in [0.4, 0.5) is 23.7 Å². The van der Waals surface area contributed by atoms with Crippen LogP contribution in [0.2, 0.25) is 5.02 Å². The van der Waals surface area contributed by atoms with Gasteiger partial charge in [0.25, 0.3) is 0 Å². The summed E-state index contributed by atoms with van der Waals surface area (Å²) in [4.78, 5) is 98.3. The van der Waals surface area contributed by atoms with Crippen LogP contribution in [0.5, 0.6) is 0 Å². The van der Waals surface area contributed by atoms with E-state index >= 15 is 0 Å². The normalized spacial score (nSPS) is 25.4. The molecule has 61 heavy (non-hydrogen) atoms. The largest absolute Gasteiger partial charge is 0.391 e. The minimum Gasteiger partial charge on any atom is -0.391 e. The second-order valence-electron chi connectivity index (χ2n) is 16.1. The number of hydrogen-bond donors (Lipinski definition) is 6. The summed E-state index contributed by atoms with van der Waals surface area (Å²) in [5.74, 6) is -6.96. The molecular formula is C40H47ClF3N7O10. The van der Waals surface area contributed by atoms with Gasteiger partial charge < -0.3 is 50.9 Å². The van der Waals surface area contributed by atoms with E-state index in [9.17, 15) is 56.9 Å². The maximum Gasteiger partial charge on any atom is 0.319 e. The van der Waals surface area contributed by atoms with Crippen LogP contribution in [0.15, 0.2) is 36.4 Å². The molecule has 330 valence electrons. The fourth-order valence-electron chi connectivity index (χ4n) is 8.27. The molecule has 2 aromatic carbocycles. The molecule has 3 aliphatic heterocycles. The van der Waals surface area contributed by atoms with Gasteiger partial charge in [0, 0.05) is 50.0 Å². The highest BCUT2D eigenvalue weighted by Crippen LogP contribution is 2.48. The lowest BCUT2D eigenvalue weighted by Gasteiger charge is -2.39. The third-order valence-electron chi connectivity index (χ3n) is 11.3. The first-order chi connectivity index (χ1) is 28.8. The van der Waals surface area contributed by atoms with Crippen molar-refractivity contribution in [2.24, 2.45) is 5.92 Å². The maximum absolute atomic E-state index is 14.5. The Labute approximate surface area is 353 Å². The average molecular weight is 878 g/mol. The van der Waals surface area contributed by atoms with Crippen LogP contribution in [0, 0.1) is 23.4 Å². The molecule has 9 atom stereocenters.